The molecule has 0 atom stereocenters. The van der Waals surface area contributed by atoms with Crippen molar-refractivity contribution in [3.05, 3.63) is 63.7 Å². The highest BCUT2D eigenvalue weighted by molar-refractivity contribution is 6.24. The minimum Gasteiger partial charge on any atom is -0.492 e. The third-order valence-electron chi connectivity index (χ3n) is 3.94. The van der Waals surface area contributed by atoms with Crippen LogP contribution in [0.3, 0.4) is 0 Å². The van der Waals surface area contributed by atoms with E-state index in [1.165, 1.54) is 12.1 Å². The van der Waals surface area contributed by atoms with Gasteiger partial charge >= 0.3 is 0 Å². The molecule has 27 heavy (non-hydrogen) atoms. The maximum atomic E-state index is 12.5. The number of amides is 3. The van der Waals surface area contributed by atoms with E-state index in [0.29, 0.717) is 22.9 Å². The number of nitro benzene ring substituents is 1. The third kappa shape index (κ3) is 3.34. The maximum absolute atomic E-state index is 12.5. The van der Waals surface area contributed by atoms with Crippen LogP contribution < -0.4 is 10.1 Å². The fourth-order valence-corrected chi connectivity index (χ4v) is 2.80. The Morgan fingerprint density at radius 1 is 1.15 bits per heavy atom. The van der Waals surface area contributed by atoms with Crippen LogP contribution in [0, 0.1) is 10.1 Å². The molecule has 0 aromatic heterocycles. The molecule has 9 heteroatoms. The molecule has 0 radical (unpaired) electrons. The number of para-hydroxylation sites is 2. The quantitative estimate of drug-likeness (QED) is 0.474. The van der Waals surface area contributed by atoms with Gasteiger partial charge in [0.1, 0.15) is 17.9 Å². The average molecular weight is 369 g/mol. The summed E-state index contributed by atoms with van der Waals surface area (Å²) in [6.07, 6.45) is 0. The SMILES string of the molecule is CCOc1ccccc1NC(=O)CN1C(=O)c2cccc([N+](=O)[O-])c2C1=O. The van der Waals surface area contributed by atoms with E-state index in [1.54, 1.807) is 31.2 Å². The standard InChI is InChI=1S/C18H15N3O6/c1-2-27-14-9-4-3-7-12(14)19-15(22)10-20-17(23)11-6-5-8-13(21(25)26)16(11)18(20)24/h3-9H,2,10H2,1H3,(H,19,22). The summed E-state index contributed by atoms with van der Waals surface area (Å²) in [5.74, 6) is -1.78. The Kier molecular flexibility index (Phi) is 4.84. The molecule has 3 rings (SSSR count). The van der Waals surface area contributed by atoms with Gasteiger partial charge in [-0.3, -0.25) is 29.4 Å². The highest BCUT2D eigenvalue weighted by Gasteiger charge is 2.41. The maximum Gasteiger partial charge on any atom is 0.282 e. The molecule has 1 heterocycles. The van der Waals surface area contributed by atoms with Crippen LogP contribution in [0.1, 0.15) is 27.6 Å². The number of anilines is 1. The number of rotatable bonds is 6. The van der Waals surface area contributed by atoms with Gasteiger partial charge in [0.05, 0.1) is 22.8 Å². The first-order valence-corrected chi connectivity index (χ1v) is 8.09. The van der Waals surface area contributed by atoms with E-state index in [-0.39, 0.29) is 11.1 Å². The molecule has 0 saturated heterocycles. The Morgan fingerprint density at radius 2 is 1.89 bits per heavy atom. The normalized spacial score (nSPS) is 12.7. The van der Waals surface area contributed by atoms with Gasteiger partial charge in [0.15, 0.2) is 0 Å². The third-order valence-corrected chi connectivity index (χ3v) is 3.94. The first kappa shape index (κ1) is 18.1. The summed E-state index contributed by atoms with van der Waals surface area (Å²) >= 11 is 0. The van der Waals surface area contributed by atoms with Crippen LogP contribution >= 0.6 is 0 Å². The number of fused-ring (bicyclic) bond motifs is 1. The van der Waals surface area contributed by atoms with Crippen LogP contribution in [0.4, 0.5) is 11.4 Å². The second kappa shape index (κ2) is 7.24. The van der Waals surface area contributed by atoms with Crippen LogP contribution in [0.2, 0.25) is 0 Å². The molecule has 0 bridgehead atoms. The number of benzene rings is 2. The molecule has 0 spiro atoms. The fourth-order valence-electron chi connectivity index (χ4n) is 2.80. The second-order valence-electron chi connectivity index (χ2n) is 5.63. The lowest BCUT2D eigenvalue weighted by Gasteiger charge is -2.15. The molecular weight excluding hydrogens is 354 g/mol. The van der Waals surface area contributed by atoms with Crippen molar-refractivity contribution < 1.29 is 24.0 Å². The van der Waals surface area contributed by atoms with Crippen LogP contribution in [0.5, 0.6) is 5.75 Å². The lowest BCUT2D eigenvalue weighted by Crippen LogP contribution is -2.37. The van der Waals surface area contributed by atoms with Crippen molar-refractivity contribution in [2.75, 3.05) is 18.5 Å². The van der Waals surface area contributed by atoms with E-state index in [9.17, 15) is 24.5 Å². The molecule has 3 amide bonds. The number of ether oxygens (including phenoxy) is 1. The number of carbonyl (C=O) groups is 3. The molecule has 9 nitrogen and oxygen atoms in total. The average Bonchev–Trinajstić information content (AvgIpc) is 2.88. The predicted octanol–water partition coefficient (Wildman–Crippen LogP) is 2.23. The summed E-state index contributed by atoms with van der Waals surface area (Å²) < 4.78 is 5.41. The van der Waals surface area contributed by atoms with Crippen molar-refractivity contribution in [3.8, 4) is 5.75 Å². The summed E-state index contributed by atoms with van der Waals surface area (Å²) in [5, 5.41) is 13.7. The molecule has 2 aromatic rings. The number of hydrogen-bond donors (Lipinski definition) is 1. The molecule has 1 N–H and O–H groups in total. The van der Waals surface area contributed by atoms with E-state index in [4.69, 9.17) is 4.74 Å². The zero-order valence-electron chi connectivity index (χ0n) is 14.3. The van der Waals surface area contributed by atoms with E-state index in [2.05, 4.69) is 5.32 Å². The van der Waals surface area contributed by atoms with Gasteiger partial charge < -0.3 is 10.1 Å². The number of nitrogens with one attached hydrogen (secondary N) is 1. The van der Waals surface area contributed by atoms with Crippen molar-refractivity contribution >= 4 is 29.1 Å². The van der Waals surface area contributed by atoms with Gasteiger partial charge in [-0.1, -0.05) is 18.2 Å². The molecule has 0 fully saturated rings. The highest BCUT2D eigenvalue weighted by Crippen LogP contribution is 2.31. The summed E-state index contributed by atoms with van der Waals surface area (Å²) in [6, 6.07) is 10.5. The number of imide groups is 1. The molecule has 2 aromatic carbocycles. The molecule has 138 valence electrons. The topological polar surface area (TPSA) is 119 Å². The van der Waals surface area contributed by atoms with Crippen molar-refractivity contribution in [1.82, 2.24) is 4.90 Å². The summed E-state index contributed by atoms with van der Waals surface area (Å²) in [7, 11) is 0. The largest absolute Gasteiger partial charge is 0.492 e. The molecule has 0 saturated carbocycles. The zero-order valence-corrected chi connectivity index (χ0v) is 14.3. The number of nitrogens with zero attached hydrogens (tertiary/aromatic N) is 2. The van der Waals surface area contributed by atoms with Gasteiger partial charge in [0.2, 0.25) is 5.91 Å². The fraction of sp³-hybridized carbons (Fsp3) is 0.167. The molecule has 0 aliphatic carbocycles. The lowest BCUT2D eigenvalue weighted by molar-refractivity contribution is -0.385. The van der Waals surface area contributed by atoms with Crippen molar-refractivity contribution in [1.29, 1.82) is 0 Å². The highest BCUT2D eigenvalue weighted by atomic mass is 16.6. The molecule has 0 unspecified atom stereocenters. The Balaban J connectivity index is 1.80. The van der Waals surface area contributed by atoms with Gasteiger partial charge in [-0.05, 0) is 25.1 Å². The van der Waals surface area contributed by atoms with Crippen LogP contribution in [0.25, 0.3) is 0 Å². The lowest BCUT2D eigenvalue weighted by atomic mass is 10.1. The van der Waals surface area contributed by atoms with Gasteiger partial charge in [-0.2, -0.15) is 0 Å². The van der Waals surface area contributed by atoms with Crippen LogP contribution in [-0.2, 0) is 4.79 Å². The number of carbonyl (C=O) groups excluding carboxylic acids is 3. The van der Waals surface area contributed by atoms with E-state index in [1.807, 2.05) is 0 Å². The minimum absolute atomic E-state index is 0.0864. The molecular formula is C18H15N3O6. The Bertz CT molecular complexity index is 956. The van der Waals surface area contributed by atoms with Gasteiger partial charge in [0.25, 0.3) is 17.5 Å². The summed E-state index contributed by atoms with van der Waals surface area (Å²) in [4.78, 5) is 48.3. The van der Waals surface area contributed by atoms with E-state index < -0.39 is 34.9 Å². The van der Waals surface area contributed by atoms with Gasteiger partial charge in [-0.25, -0.2) is 0 Å². The van der Waals surface area contributed by atoms with E-state index >= 15 is 0 Å². The van der Waals surface area contributed by atoms with Crippen LogP contribution in [-0.4, -0.2) is 40.7 Å². The molecule has 1 aliphatic heterocycles. The Labute approximate surface area is 153 Å². The van der Waals surface area contributed by atoms with Crippen LogP contribution in [0.15, 0.2) is 42.5 Å². The van der Waals surface area contributed by atoms with Gasteiger partial charge in [0, 0.05) is 6.07 Å². The number of nitro groups is 1. The molecule has 1 aliphatic rings. The minimum atomic E-state index is -0.865. The summed E-state index contributed by atoms with van der Waals surface area (Å²) in [5.41, 5.74) is -0.450. The Hall–Kier alpha value is -3.75. The first-order chi connectivity index (χ1) is 12.9. The first-order valence-electron chi connectivity index (χ1n) is 8.09. The smallest absolute Gasteiger partial charge is 0.282 e. The van der Waals surface area contributed by atoms with Crippen molar-refractivity contribution in [2.45, 2.75) is 6.92 Å². The zero-order chi connectivity index (χ0) is 19.6. The van der Waals surface area contributed by atoms with E-state index in [0.717, 1.165) is 6.07 Å². The van der Waals surface area contributed by atoms with Gasteiger partial charge in [-0.15, -0.1) is 0 Å². The van der Waals surface area contributed by atoms with Crippen molar-refractivity contribution in [3.63, 3.8) is 0 Å². The summed E-state index contributed by atoms with van der Waals surface area (Å²) in [6.45, 7) is 1.63. The van der Waals surface area contributed by atoms with Crippen molar-refractivity contribution in [2.24, 2.45) is 0 Å². The number of hydrogen-bond acceptors (Lipinski definition) is 6. The predicted molar refractivity (Wildman–Crippen MR) is 94.7 cm³/mol. The Morgan fingerprint density at radius 3 is 2.59 bits per heavy atom. The second-order valence-corrected chi connectivity index (χ2v) is 5.63. The monoisotopic (exact) mass is 369 g/mol.